The molecule has 0 saturated heterocycles. The molecule has 22 heavy (non-hydrogen) atoms. The number of para-hydroxylation sites is 1. The van der Waals surface area contributed by atoms with Gasteiger partial charge in [-0.25, -0.2) is 0 Å². The minimum Gasteiger partial charge on any atom is -0.436 e. The number of aryl methyl sites for hydroxylation is 1. The molecule has 0 atom stereocenters. The van der Waals surface area contributed by atoms with Gasteiger partial charge in [0.15, 0.2) is 0 Å². The van der Waals surface area contributed by atoms with Crippen molar-refractivity contribution >= 4 is 10.0 Å². The van der Waals surface area contributed by atoms with E-state index in [1.54, 1.807) is 24.3 Å². The predicted octanol–water partition coefficient (Wildman–Crippen LogP) is 2.62. The molecule has 0 aliphatic carbocycles. The SMILES string of the molecule is Cc1ccc(S(=O)(=O)n2cc(Oc3ccccc3)nn2)cc1. The van der Waals surface area contributed by atoms with Gasteiger partial charge in [0.05, 0.1) is 4.90 Å². The lowest BCUT2D eigenvalue weighted by atomic mass is 10.2. The maximum absolute atomic E-state index is 12.4. The van der Waals surface area contributed by atoms with Crippen molar-refractivity contribution in [3.05, 3.63) is 66.4 Å². The van der Waals surface area contributed by atoms with Gasteiger partial charge in [0.1, 0.15) is 11.9 Å². The highest BCUT2D eigenvalue weighted by molar-refractivity contribution is 7.89. The molecule has 1 heterocycles. The molecule has 0 aliphatic rings. The second-order valence-electron chi connectivity index (χ2n) is 4.66. The molecule has 0 saturated carbocycles. The van der Waals surface area contributed by atoms with Crippen LogP contribution in [-0.4, -0.2) is 22.8 Å². The summed E-state index contributed by atoms with van der Waals surface area (Å²) >= 11 is 0. The highest BCUT2D eigenvalue weighted by Crippen LogP contribution is 2.20. The van der Waals surface area contributed by atoms with E-state index in [1.807, 2.05) is 25.1 Å². The molecule has 0 amide bonds. The van der Waals surface area contributed by atoms with Crippen molar-refractivity contribution in [2.75, 3.05) is 0 Å². The molecule has 0 aliphatic heterocycles. The Morgan fingerprint density at radius 3 is 2.36 bits per heavy atom. The Hall–Kier alpha value is -2.67. The third kappa shape index (κ3) is 2.84. The molecular weight excluding hydrogens is 302 g/mol. The van der Waals surface area contributed by atoms with Crippen LogP contribution >= 0.6 is 0 Å². The molecular formula is C15H13N3O3S. The summed E-state index contributed by atoms with van der Waals surface area (Å²) in [6.45, 7) is 1.89. The lowest BCUT2D eigenvalue weighted by Crippen LogP contribution is -2.13. The Bertz CT molecular complexity index is 872. The molecule has 0 radical (unpaired) electrons. The Morgan fingerprint density at radius 1 is 1.00 bits per heavy atom. The van der Waals surface area contributed by atoms with Crippen LogP contribution in [0.4, 0.5) is 0 Å². The van der Waals surface area contributed by atoms with E-state index >= 15 is 0 Å². The van der Waals surface area contributed by atoms with Crippen LogP contribution in [-0.2, 0) is 10.0 Å². The van der Waals surface area contributed by atoms with Gasteiger partial charge in [0, 0.05) is 0 Å². The first-order chi connectivity index (χ1) is 10.6. The number of nitrogens with zero attached hydrogens (tertiary/aromatic N) is 3. The fourth-order valence-corrected chi connectivity index (χ4v) is 2.88. The third-order valence-electron chi connectivity index (χ3n) is 2.98. The number of aromatic nitrogens is 3. The number of rotatable bonds is 4. The monoisotopic (exact) mass is 315 g/mol. The zero-order chi connectivity index (χ0) is 15.6. The average molecular weight is 315 g/mol. The van der Waals surface area contributed by atoms with Crippen LogP contribution in [0.2, 0.25) is 0 Å². The summed E-state index contributed by atoms with van der Waals surface area (Å²) in [5, 5.41) is 7.37. The normalized spacial score (nSPS) is 11.3. The lowest BCUT2D eigenvalue weighted by Gasteiger charge is -2.03. The molecule has 1 aromatic heterocycles. The van der Waals surface area contributed by atoms with E-state index in [2.05, 4.69) is 10.3 Å². The van der Waals surface area contributed by atoms with Gasteiger partial charge >= 0.3 is 0 Å². The van der Waals surface area contributed by atoms with Gasteiger partial charge in [-0.1, -0.05) is 41.0 Å². The number of hydrogen-bond donors (Lipinski definition) is 0. The Balaban J connectivity index is 1.88. The first-order valence-corrected chi connectivity index (χ1v) is 7.97. The summed E-state index contributed by atoms with van der Waals surface area (Å²) in [6, 6.07) is 15.5. The molecule has 112 valence electrons. The summed E-state index contributed by atoms with van der Waals surface area (Å²) in [6.07, 6.45) is 1.24. The zero-order valence-corrected chi connectivity index (χ0v) is 12.6. The minimum absolute atomic E-state index is 0.113. The highest BCUT2D eigenvalue weighted by atomic mass is 32.2. The molecule has 0 bridgehead atoms. The quantitative estimate of drug-likeness (QED) is 0.740. The molecule has 3 aromatic rings. The van der Waals surface area contributed by atoms with Crippen molar-refractivity contribution in [2.24, 2.45) is 0 Å². The standard InChI is InChI=1S/C15H13N3O3S/c1-12-7-9-14(10-8-12)22(19,20)18-11-15(16-17-18)21-13-5-3-2-4-6-13/h2-11H,1H3. The van der Waals surface area contributed by atoms with Gasteiger partial charge in [0.25, 0.3) is 15.9 Å². The fraction of sp³-hybridized carbons (Fsp3) is 0.0667. The van der Waals surface area contributed by atoms with Crippen LogP contribution in [0.25, 0.3) is 0 Å². The summed E-state index contributed by atoms with van der Waals surface area (Å²) in [5.41, 5.74) is 0.977. The van der Waals surface area contributed by atoms with Crippen molar-refractivity contribution in [3.63, 3.8) is 0 Å². The van der Waals surface area contributed by atoms with E-state index in [1.165, 1.54) is 18.3 Å². The van der Waals surface area contributed by atoms with E-state index in [9.17, 15) is 8.42 Å². The third-order valence-corrected chi connectivity index (χ3v) is 4.52. The molecule has 6 nitrogen and oxygen atoms in total. The molecule has 3 rings (SSSR count). The van der Waals surface area contributed by atoms with E-state index in [0.717, 1.165) is 9.65 Å². The zero-order valence-electron chi connectivity index (χ0n) is 11.7. The summed E-state index contributed by atoms with van der Waals surface area (Å²) < 4.78 is 31.1. The largest absolute Gasteiger partial charge is 0.436 e. The van der Waals surface area contributed by atoms with Crippen molar-refractivity contribution in [3.8, 4) is 11.6 Å². The van der Waals surface area contributed by atoms with Crippen LogP contribution < -0.4 is 4.74 Å². The van der Waals surface area contributed by atoms with Crippen LogP contribution in [0.3, 0.4) is 0 Å². The number of ether oxygens (including phenoxy) is 1. The minimum atomic E-state index is -3.76. The van der Waals surface area contributed by atoms with Gasteiger partial charge in [-0.3, -0.25) is 0 Å². The van der Waals surface area contributed by atoms with Crippen molar-refractivity contribution in [1.82, 2.24) is 14.4 Å². The summed E-state index contributed by atoms with van der Waals surface area (Å²) in [5.74, 6) is 0.671. The maximum Gasteiger partial charge on any atom is 0.284 e. The predicted molar refractivity (Wildman–Crippen MR) is 80.3 cm³/mol. The number of benzene rings is 2. The molecule has 7 heteroatoms. The smallest absolute Gasteiger partial charge is 0.284 e. The van der Waals surface area contributed by atoms with Crippen molar-refractivity contribution in [1.29, 1.82) is 0 Å². The van der Waals surface area contributed by atoms with Crippen molar-refractivity contribution in [2.45, 2.75) is 11.8 Å². The molecule has 0 unspecified atom stereocenters. The Morgan fingerprint density at radius 2 is 1.68 bits per heavy atom. The van der Waals surface area contributed by atoms with Gasteiger partial charge < -0.3 is 4.74 Å². The van der Waals surface area contributed by atoms with E-state index in [-0.39, 0.29) is 10.8 Å². The lowest BCUT2D eigenvalue weighted by molar-refractivity contribution is 0.461. The Labute approximate surface area is 128 Å². The second-order valence-corrected chi connectivity index (χ2v) is 6.46. The number of hydrogen-bond acceptors (Lipinski definition) is 5. The van der Waals surface area contributed by atoms with Gasteiger partial charge in [-0.2, -0.15) is 8.42 Å². The molecule has 2 aromatic carbocycles. The molecule has 0 spiro atoms. The molecule has 0 N–H and O–H groups in total. The van der Waals surface area contributed by atoms with E-state index < -0.39 is 10.0 Å². The average Bonchev–Trinajstić information content (AvgIpc) is 2.98. The maximum atomic E-state index is 12.4. The highest BCUT2D eigenvalue weighted by Gasteiger charge is 2.19. The first-order valence-electron chi connectivity index (χ1n) is 6.53. The van der Waals surface area contributed by atoms with E-state index in [4.69, 9.17) is 4.74 Å². The summed E-state index contributed by atoms with van der Waals surface area (Å²) in [7, 11) is -3.76. The van der Waals surface area contributed by atoms with Gasteiger partial charge in [-0.05, 0) is 36.4 Å². The van der Waals surface area contributed by atoms with Crippen molar-refractivity contribution < 1.29 is 13.2 Å². The Kier molecular flexibility index (Phi) is 3.64. The van der Waals surface area contributed by atoms with Gasteiger partial charge in [-0.15, -0.1) is 4.09 Å². The topological polar surface area (TPSA) is 74.1 Å². The van der Waals surface area contributed by atoms with E-state index in [0.29, 0.717) is 5.75 Å². The van der Waals surface area contributed by atoms with Crippen LogP contribution in [0, 0.1) is 6.92 Å². The molecule has 0 fully saturated rings. The second kappa shape index (κ2) is 5.61. The van der Waals surface area contributed by atoms with Crippen LogP contribution in [0.5, 0.6) is 11.6 Å². The summed E-state index contributed by atoms with van der Waals surface area (Å²) in [4.78, 5) is 0.147. The van der Waals surface area contributed by atoms with Crippen LogP contribution in [0.15, 0.2) is 65.7 Å². The fourth-order valence-electron chi connectivity index (χ4n) is 1.83. The first kappa shape index (κ1) is 14.3. The van der Waals surface area contributed by atoms with Gasteiger partial charge in [0.2, 0.25) is 0 Å². The van der Waals surface area contributed by atoms with Crippen LogP contribution in [0.1, 0.15) is 5.56 Å².